The lowest BCUT2D eigenvalue weighted by Gasteiger charge is -2.07. The summed E-state index contributed by atoms with van der Waals surface area (Å²) in [5, 5.41) is 5.53. The molecule has 1 aliphatic rings. The summed E-state index contributed by atoms with van der Waals surface area (Å²) in [5.41, 5.74) is 0.709. The number of hydrogen-bond donors (Lipinski definition) is 2. The normalized spacial score (nSPS) is 20.4. The molecule has 7 heteroatoms. The minimum Gasteiger partial charge on any atom is -0.326 e. The van der Waals surface area contributed by atoms with Gasteiger partial charge in [-0.3, -0.25) is 14.6 Å². The average Bonchev–Trinajstić information content (AvgIpc) is 2.73. The van der Waals surface area contributed by atoms with Crippen molar-refractivity contribution in [2.75, 3.05) is 12.4 Å². The largest absolute Gasteiger partial charge is 0.326 e. The van der Waals surface area contributed by atoms with Gasteiger partial charge >= 0.3 is 0 Å². The lowest BCUT2D eigenvalue weighted by molar-refractivity contribution is -0.122. The smallest absolute Gasteiger partial charge is 0.240 e. The van der Waals surface area contributed by atoms with E-state index in [-0.39, 0.29) is 18.2 Å². The zero-order valence-corrected chi connectivity index (χ0v) is 12.5. The summed E-state index contributed by atoms with van der Waals surface area (Å²) >= 11 is 4.60. The molecule has 19 heavy (non-hydrogen) atoms. The van der Waals surface area contributed by atoms with E-state index in [9.17, 15) is 9.59 Å². The molecular weight excluding hydrogens is 330 g/mol. The topological polar surface area (TPSA) is 70.6 Å². The van der Waals surface area contributed by atoms with Gasteiger partial charge in [0.1, 0.15) is 5.25 Å². The van der Waals surface area contributed by atoms with E-state index in [1.165, 1.54) is 11.8 Å². The van der Waals surface area contributed by atoms with Crippen molar-refractivity contribution in [1.82, 2.24) is 5.32 Å². The first-order valence-electron chi connectivity index (χ1n) is 5.58. The molecule has 0 unspecified atom stereocenters. The number of nitrogens with one attached hydrogen (secondary N) is 2. The van der Waals surface area contributed by atoms with Crippen LogP contribution in [-0.4, -0.2) is 29.3 Å². The number of anilines is 1. The molecule has 100 valence electrons. The second-order valence-electron chi connectivity index (χ2n) is 3.88. The zero-order valence-electron chi connectivity index (χ0n) is 10.1. The molecule has 1 saturated heterocycles. The van der Waals surface area contributed by atoms with Crippen molar-refractivity contribution in [2.45, 2.75) is 11.7 Å². The number of halogens is 1. The van der Waals surface area contributed by atoms with Crippen molar-refractivity contribution in [2.24, 2.45) is 4.99 Å². The summed E-state index contributed by atoms with van der Waals surface area (Å²) in [4.78, 5) is 27.3. The molecule has 1 aromatic carbocycles. The van der Waals surface area contributed by atoms with Gasteiger partial charge in [-0.05, 0) is 24.3 Å². The molecule has 0 aliphatic carbocycles. The molecule has 2 N–H and O–H groups in total. The third kappa shape index (κ3) is 3.81. The fourth-order valence-electron chi connectivity index (χ4n) is 1.56. The van der Waals surface area contributed by atoms with Gasteiger partial charge < -0.3 is 10.6 Å². The minimum atomic E-state index is -0.408. The number of carbonyl (C=O) groups excluding carboxylic acids is 2. The Morgan fingerprint density at radius 3 is 2.74 bits per heavy atom. The molecule has 1 atom stereocenters. The van der Waals surface area contributed by atoms with Crippen molar-refractivity contribution in [3.63, 3.8) is 0 Å². The molecule has 2 rings (SSSR count). The molecule has 1 heterocycles. The number of carbonyl (C=O) groups is 2. The van der Waals surface area contributed by atoms with Crippen LogP contribution in [-0.2, 0) is 9.59 Å². The third-order valence-electron chi connectivity index (χ3n) is 2.48. The molecular formula is C12H12BrN3O2S. The average molecular weight is 342 g/mol. The molecule has 0 saturated carbocycles. The van der Waals surface area contributed by atoms with Crippen LogP contribution in [0.15, 0.2) is 33.7 Å². The highest BCUT2D eigenvalue weighted by atomic mass is 79.9. The summed E-state index contributed by atoms with van der Waals surface area (Å²) in [6, 6.07) is 7.27. The summed E-state index contributed by atoms with van der Waals surface area (Å²) in [7, 11) is 1.60. The van der Waals surface area contributed by atoms with E-state index in [1.54, 1.807) is 19.2 Å². The number of aliphatic imine (C=N–C) groups is 1. The number of nitrogens with zero attached hydrogens (tertiary/aromatic N) is 1. The van der Waals surface area contributed by atoms with Gasteiger partial charge in [0.25, 0.3) is 0 Å². The fraction of sp³-hybridized carbons (Fsp3) is 0.250. The zero-order chi connectivity index (χ0) is 13.8. The maximum atomic E-state index is 11.8. The van der Waals surface area contributed by atoms with E-state index >= 15 is 0 Å². The van der Waals surface area contributed by atoms with Crippen LogP contribution in [0.1, 0.15) is 6.42 Å². The van der Waals surface area contributed by atoms with E-state index in [0.717, 1.165) is 4.47 Å². The lowest BCUT2D eigenvalue weighted by Crippen LogP contribution is -2.28. The Morgan fingerprint density at radius 2 is 2.16 bits per heavy atom. The van der Waals surface area contributed by atoms with E-state index in [4.69, 9.17) is 0 Å². The molecule has 0 radical (unpaired) electrons. The Labute approximate surface area is 123 Å². The summed E-state index contributed by atoms with van der Waals surface area (Å²) in [6.07, 6.45) is 0.131. The number of thioether (sulfide) groups is 1. The monoisotopic (exact) mass is 341 g/mol. The van der Waals surface area contributed by atoms with Crippen molar-refractivity contribution in [3.8, 4) is 0 Å². The molecule has 1 aliphatic heterocycles. The Balaban J connectivity index is 1.91. The van der Waals surface area contributed by atoms with Crippen molar-refractivity contribution >= 4 is 50.4 Å². The summed E-state index contributed by atoms with van der Waals surface area (Å²) in [5.74, 6) is -0.358. The van der Waals surface area contributed by atoms with Crippen LogP contribution in [0, 0.1) is 0 Å². The minimum absolute atomic E-state index is 0.131. The highest BCUT2D eigenvalue weighted by molar-refractivity contribution is 9.10. The first-order valence-corrected chi connectivity index (χ1v) is 7.25. The van der Waals surface area contributed by atoms with Gasteiger partial charge in [0.05, 0.1) is 0 Å². The predicted molar refractivity (Wildman–Crippen MR) is 80.3 cm³/mol. The van der Waals surface area contributed by atoms with E-state index in [2.05, 4.69) is 31.6 Å². The van der Waals surface area contributed by atoms with Crippen LogP contribution in [0.4, 0.5) is 5.69 Å². The van der Waals surface area contributed by atoms with Crippen LogP contribution in [0.25, 0.3) is 0 Å². The standard InChI is InChI=1S/C12H12BrN3O2S/c1-14-12-16-11(18)9(19-12)6-10(17)15-8-4-2-7(13)3-5-8/h2-5,9H,6H2,1H3,(H,15,17)(H,14,16,18)/t9-/m0/s1. The lowest BCUT2D eigenvalue weighted by atomic mass is 10.2. The van der Waals surface area contributed by atoms with Crippen molar-refractivity contribution in [1.29, 1.82) is 0 Å². The number of amides is 2. The van der Waals surface area contributed by atoms with E-state index in [1.807, 2.05) is 12.1 Å². The van der Waals surface area contributed by atoms with Gasteiger partial charge in [-0.2, -0.15) is 0 Å². The molecule has 2 amide bonds. The molecule has 0 spiro atoms. The highest BCUT2D eigenvalue weighted by Gasteiger charge is 2.31. The first kappa shape index (κ1) is 14.1. The van der Waals surface area contributed by atoms with Crippen LogP contribution >= 0.6 is 27.7 Å². The van der Waals surface area contributed by atoms with Gasteiger partial charge in [-0.1, -0.05) is 27.7 Å². The maximum absolute atomic E-state index is 11.8. The van der Waals surface area contributed by atoms with Gasteiger partial charge in [-0.25, -0.2) is 0 Å². The molecule has 1 aromatic rings. The Morgan fingerprint density at radius 1 is 1.47 bits per heavy atom. The van der Waals surface area contributed by atoms with E-state index in [0.29, 0.717) is 10.9 Å². The first-order chi connectivity index (χ1) is 9.08. The maximum Gasteiger partial charge on any atom is 0.240 e. The number of benzene rings is 1. The second-order valence-corrected chi connectivity index (χ2v) is 5.99. The van der Waals surface area contributed by atoms with E-state index < -0.39 is 5.25 Å². The fourth-order valence-corrected chi connectivity index (χ4v) is 2.76. The van der Waals surface area contributed by atoms with Crippen molar-refractivity contribution < 1.29 is 9.59 Å². The third-order valence-corrected chi connectivity index (χ3v) is 4.18. The van der Waals surface area contributed by atoms with Gasteiger partial charge in [0, 0.05) is 23.6 Å². The van der Waals surface area contributed by atoms with Gasteiger partial charge in [-0.15, -0.1) is 0 Å². The second kappa shape index (κ2) is 6.21. The highest BCUT2D eigenvalue weighted by Crippen LogP contribution is 2.23. The van der Waals surface area contributed by atoms with Crippen LogP contribution in [0.2, 0.25) is 0 Å². The number of hydrogen-bond acceptors (Lipinski definition) is 4. The molecule has 1 fully saturated rings. The van der Waals surface area contributed by atoms with Crippen LogP contribution in [0.5, 0.6) is 0 Å². The number of amidine groups is 1. The van der Waals surface area contributed by atoms with Crippen LogP contribution < -0.4 is 10.6 Å². The Hall–Kier alpha value is -1.34. The Bertz CT molecular complexity index is 530. The summed E-state index contributed by atoms with van der Waals surface area (Å²) in [6.45, 7) is 0. The molecule has 0 bridgehead atoms. The number of rotatable bonds is 3. The predicted octanol–water partition coefficient (Wildman–Crippen LogP) is 2.00. The summed E-state index contributed by atoms with van der Waals surface area (Å²) < 4.78 is 0.944. The van der Waals surface area contributed by atoms with Crippen molar-refractivity contribution in [3.05, 3.63) is 28.7 Å². The Kier molecular flexibility index (Phi) is 4.60. The molecule has 0 aromatic heterocycles. The SMILES string of the molecule is CN=C1NC(=O)[C@H](CC(=O)Nc2ccc(Br)cc2)S1. The molecule has 5 nitrogen and oxygen atoms in total. The quantitative estimate of drug-likeness (QED) is 0.883. The van der Waals surface area contributed by atoms with Gasteiger partial charge in [0.15, 0.2) is 5.17 Å². The van der Waals surface area contributed by atoms with Gasteiger partial charge in [0.2, 0.25) is 11.8 Å². The van der Waals surface area contributed by atoms with Crippen LogP contribution in [0.3, 0.4) is 0 Å².